The predicted octanol–water partition coefficient (Wildman–Crippen LogP) is 4.48. The lowest BCUT2D eigenvalue weighted by Crippen LogP contribution is -2.15. The van der Waals surface area contributed by atoms with Crippen LogP contribution >= 0.6 is 0 Å². The Balaban J connectivity index is 1.34. The molecule has 0 aliphatic rings. The van der Waals surface area contributed by atoms with Crippen molar-refractivity contribution in [2.24, 2.45) is 0 Å². The number of aromatic amines is 1. The number of carbonyl (C=O) groups is 2. The van der Waals surface area contributed by atoms with Gasteiger partial charge in [-0.05, 0) is 42.0 Å². The fourth-order valence-electron chi connectivity index (χ4n) is 3.75. The summed E-state index contributed by atoms with van der Waals surface area (Å²) in [6.07, 6.45) is 9.30. The number of pyridine rings is 1. The summed E-state index contributed by atoms with van der Waals surface area (Å²) in [6, 6.07) is 20.2. The van der Waals surface area contributed by atoms with Crippen molar-refractivity contribution in [2.45, 2.75) is 12.8 Å². The largest absolute Gasteiger partial charge is 0.326 e. The molecule has 5 rings (SSSR count). The van der Waals surface area contributed by atoms with Gasteiger partial charge < -0.3 is 5.32 Å². The summed E-state index contributed by atoms with van der Waals surface area (Å²) in [5.74, 6) is -0.0469. The van der Waals surface area contributed by atoms with Crippen LogP contribution in [0.5, 0.6) is 0 Å². The van der Waals surface area contributed by atoms with Crippen LogP contribution in [-0.4, -0.2) is 36.5 Å². The van der Waals surface area contributed by atoms with Crippen LogP contribution in [0.15, 0.2) is 97.7 Å². The zero-order valence-corrected chi connectivity index (χ0v) is 19.3. The van der Waals surface area contributed by atoms with Gasteiger partial charge in [0, 0.05) is 54.4 Å². The summed E-state index contributed by atoms with van der Waals surface area (Å²) in [7, 11) is 0. The van der Waals surface area contributed by atoms with E-state index >= 15 is 0 Å². The van der Waals surface area contributed by atoms with Crippen LogP contribution in [-0.2, 0) is 11.2 Å². The number of nitrogens with zero attached hydrogens (tertiary/aromatic N) is 4. The summed E-state index contributed by atoms with van der Waals surface area (Å²) in [6.45, 7) is 0. The van der Waals surface area contributed by atoms with Gasteiger partial charge in [-0.15, -0.1) is 0 Å². The number of benzene rings is 2. The lowest BCUT2D eigenvalue weighted by Gasteiger charge is -2.09. The van der Waals surface area contributed by atoms with Crippen molar-refractivity contribution in [3.63, 3.8) is 0 Å². The minimum Gasteiger partial charge on any atom is -0.326 e. The van der Waals surface area contributed by atoms with Gasteiger partial charge in [-0.25, -0.2) is 4.98 Å². The van der Waals surface area contributed by atoms with E-state index in [0.717, 1.165) is 22.5 Å². The van der Waals surface area contributed by atoms with E-state index in [1.807, 2.05) is 60.8 Å². The topological polar surface area (TPSA) is 118 Å². The van der Waals surface area contributed by atoms with Gasteiger partial charge in [-0.1, -0.05) is 30.3 Å². The van der Waals surface area contributed by atoms with Crippen molar-refractivity contribution in [2.75, 3.05) is 10.6 Å². The molecule has 36 heavy (non-hydrogen) atoms. The summed E-state index contributed by atoms with van der Waals surface area (Å²) in [5, 5.41) is 12.5. The minimum atomic E-state index is -0.297. The van der Waals surface area contributed by atoms with Crippen LogP contribution in [0.25, 0.3) is 16.8 Å². The SMILES string of the molecule is O=C(CCc1cn(-c2ccncc2)c(NC(=O)c2cccc(-c3cn[nH]c3)c2)n1)Nc1ccccc1. The van der Waals surface area contributed by atoms with Crippen LogP contribution < -0.4 is 10.6 Å². The average molecular weight is 478 g/mol. The number of hydrogen-bond acceptors (Lipinski definition) is 5. The second kappa shape index (κ2) is 10.5. The molecular formula is C27H23N7O2. The van der Waals surface area contributed by atoms with Gasteiger partial charge in [0.15, 0.2) is 0 Å². The Hall–Kier alpha value is -5.05. The molecule has 0 saturated heterocycles. The lowest BCUT2D eigenvalue weighted by molar-refractivity contribution is -0.116. The van der Waals surface area contributed by atoms with Crippen LogP contribution in [0, 0.1) is 0 Å². The van der Waals surface area contributed by atoms with Crippen LogP contribution in [0.1, 0.15) is 22.5 Å². The van der Waals surface area contributed by atoms with E-state index in [1.54, 1.807) is 41.5 Å². The van der Waals surface area contributed by atoms with Crippen molar-refractivity contribution in [3.05, 3.63) is 109 Å². The van der Waals surface area contributed by atoms with Gasteiger partial charge in [-0.3, -0.25) is 29.6 Å². The predicted molar refractivity (Wildman–Crippen MR) is 137 cm³/mol. The van der Waals surface area contributed by atoms with E-state index in [9.17, 15) is 9.59 Å². The number of aryl methyl sites for hydroxylation is 1. The second-order valence-electron chi connectivity index (χ2n) is 8.07. The Morgan fingerprint density at radius 1 is 0.917 bits per heavy atom. The molecule has 0 aliphatic carbocycles. The highest BCUT2D eigenvalue weighted by Gasteiger charge is 2.16. The van der Waals surface area contributed by atoms with Crippen LogP contribution in [0.2, 0.25) is 0 Å². The van der Waals surface area contributed by atoms with E-state index in [2.05, 4.69) is 30.8 Å². The first-order valence-electron chi connectivity index (χ1n) is 11.4. The number of H-pyrrole nitrogens is 1. The third-order valence-corrected chi connectivity index (χ3v) is 5.54. The van der Waals surface area contributed by atoms with Gasteiger partial charge in [0.1, 0.15) is 0 Å². The third-order valence-electron chi connectivity index (χ3n) is 5.54. The number of amides is 2. The molecule has 0 atom stereocenters. The maximum atomic E-state index is 13.1. The van der Waals surface area contributed by atoms with E-state index < -0.39 is 0 Å². The summed E-state index contributed by atoms with van der Waals surface area (Å²) in [4.78, 5) is 34.2. The highest BCUT2D eigenvalue weighted by Crippen LogP contribution is 2.21. The van der Waals surface area contributed by atoms with E-state index in [-0.39, 0.29) is 18.2 Å². The minimum absolute atomic E-state index is 0.110. The Kier molecular flexibility index (Phi) is 6.61. The maximum absolute atomic E-state index is 13.1. The highest BCUT2D eigenvalue weighted by molar-refractivity contribution is 6.04. The molecule has 0 unspecified atom stereocenters. The standard InChI is InChI=1S/C27H23N7O2/c35-25(31-22-7-2-1-3-8-22)10-9-23-18-34(24-11-13-28-14-12-24)27(32-23)33-26(36)20-6-4-5-19(15-20)21-16-29-30-17-21/h1-8,11-18H,9-10H2,(H,29,30)(H,31,35)(H,32,33,36). The molecule has 0 radical (unpaired) electrons. The Morgan fingerprint density at radius 2 is 1.75 bits per heavy atom. The Morgan fingerprint density at radius 3 is 2.53 bits per heavy atom. The monoisotopic (exact) mass is 477 g/mol. The number of carbonyl (C=O) groups excluding carboxylic acids is 2. The number of aromatic nitrogens is 5. The zero-order chi connectivity index (χ0) is 24.7. The van der Waals surface area contributed by atoms with E-state index in [1.165, 1.54) is 0 Å². The normalized spacial score (nSPS) is 10.7. The Labute approximate surface area is 207 Å². The molecule has 0 bridgehead atoms. The molecular weight excluding hydrogens is 454 g/mol. The summed E-state index contributed by atoms with van der Waals surface area (Å²) in [5.41, 5.74) is 4.47. The fraction of sp³-hybridized carbons (Fsp3) is 0.0741. The van der Waals surface area contributed by atoms with E-state index in [0.29, 0.717) is 23.6 Å². The molecule has 3 heterocycles. The van der Waals surface area contributed by atoms with Crippen molar-refractivity contribution in [1.29, 1.82) is 0 Å². The maximum Gasteiger partial charge on any atom is 0.258 e. The molecule has 9 heteroatoms. The van der Waals surface area contributed by atoms with Gasteiger partial charge in [-0.2, -0.15) is 5.10 Å². The molecule has 0 fully saturated rings. The second-order valence-corrected chi connectivity index (χ2v) is 8.07. The van der Waals surface area contributed by atoms with Crippen molar-refractivity contribution in [1.82, 2.24) is 24.7 Å². The first-order chi connectivity index (χ1) is 17.7. The van der Waals surface area contributed by atoms with E-state index in [4.69, 9.17) is 0 Å². The molecule has 3 aromatic heterocycles. The van der Waals surface area contributed by atoms with Crippen molar-refractivity contribution < 1.29 is 9.59 Å². The first-order valence-corrected chi connectivity index (χ1v) is 11.4. The van der Waals surface area contributed by atoms with Gasteiger partial charge in [0.05, 0.1) is 17.6 Å². The smallest absolute Gasteiger partial charge is 0.258 e. The number of rotatable bonds is 8. The molecule has 178 valence electrons. The van der Waals surface area contributed by atoms with Gasteiger partial charge in [0.2, 0.25) is 11.9 Å². The average Bonchev–Trinajstić information content (AvgIpc) is 3.59. The first kappa shape index (κ1) is 22.7. The molecule has 2 amide bonds. The highest BCUT2D eigenvalue weighted by atomic mass is 16.2. The molecule has 2 aromatic carbocycles. The molecule has 0 aliphatic heterocycles. The number of anilines is 2. The summed E-state index contributed by atoms with van der Waals surface area (Å²) >= 11 is 0. The molecule has 9 nitrogen and oxygen atoms in total. The van der Waals surface area contributed by atoms with Crippen LogP contribution in [0.3, 0.4) is 0 Å². The number of imidazole rings is 1. The van der Waals surface area contributed by atoms with Gasteiger partial charge >= 0.3 is 0 Å². The quantitative estimate of drug-likeness (QED) is 0.305. The van der Waals surface area contributed by atoms with Gasteiger partial charge in [0.25, 0.3) is 5.91 Å². The fourth-order valence-corrected chi connectivity index (χ4v) is 3.75. The number of nitrogens with one attached hydrogen (secondary N) is 3. The zero-order valence-electron chi connectivity index (χ0n) is 19.3. The van der Waals surface area contributed by atoms with Crippen molar-refractivity contribution >= 4 is 23.5 Å². The third kappa shape index (κ3) is 5.36. The van der Waals surface area contributed by atoms with Crippen molar-refractivity contribution in [3.8, 4) is 16.8 Å². The van der Waals surface area contributed by atoms with Crippen LogP contribution in [0.4, 0.5) is 11.6 Å². The number of para-hydroxylation sites is 1. The molecule has 5 aromatic rings. The number of hydrogen-bond donors (Lipinski definition) is 3. The molecule has 0 saturated carbocycles. The summed E-state index contributed by atoms with van der Waals surface area (Å²) < 4.78 is 1.78. The lowest BCUT2D eigenvalue weighted by atomic mass is 10.1. The Bertz CT molecular complexity index is 1460. The molecule has 0 spiro atoms. The molecule has 3 N–H and O–H groups in total.